The van der Waals surface area contributed by atoms with Gasteiger partial charge in [0.25, 0.3) is 11.8 Å². The number of rotatable bonds is 10. The molecule has 0 unspecified atom stereocenters. The van der Waals surface area contributed by atoms with Gasteiger partial charge < -0.3 is 36.7 Å². The Kier molecular flexibility index (Phi) is 8.06. The molecule has 4 rings (SSSR count). The maximum absolute atomic E-state index is 12.9. The van der Waals surface area contributed by atoms with Crippen LogP contribution in [0.4, 0.5) is 5.13 Å². The number of carboxylic acid groups (broad SMARTS) is 1. The van der Waals surface area contributed by atoms with Gasteiger partial charge >= 0.3 is 5.97 Å². The number of fused-ring (bicyclic) bond motifs is 1. The van der Waals surface area contributed by atoms with E-state index in [0.29, 0.717) is 43.7 Å². The van der Waals surface area contributed by atoms with Gasteiger partial charge in [0.2, 0.25) is 17.4 Å². The van der Waals surface area contributed by atoms with Crippen LogP contribution in [0.2, 0.25) is 0 Å². The van der Waals surface area contributed by atoms with E-state index in [9.17, 15) is 29.5 Å². The molecule has 198 valence electrons. The number of carbonyl (C=O) groups is 4. The lowest BCUT2D eigenvalue weighted by atomic mass is 10.0. The number of amides is 3. The summed E-state index contributed by atoms with van der Waals surface area (Å²) in [6, 6.07) is -1.07. The first kappa shape index (κ1) is 26.5. The molecule has 1 aromatic rings. The van der Waals surface area contributed by atoms with Crippen molar-refractivity contribution in [1.82, 2.24) is 29.8 Å². The normalized spacial score (nSPS) is 22.9. The van der Waals surface area contributed by atoms with Crippen molar-refractivity contribution in [3.05, 3.63) is 28.7 Å². The van der Waals surface area contributed by atoms with Gasteiger partial charge in [-0.25, -0.2) is 4.79 Å². The summed E-state index contributed by atoms with van der Waals surface area (Å²) in [7, 11) is 0. The Morgan fingerprint density at radius 3 is 2.73 bits per heavy atom. The quantitative estimate of drug-likeness (QED) is 0.0453. The van der Waals surface area contributed by atoms with E-state index in [1.54, 1.807) is 4.90 Å². The zero-order valence-electron chi connectivity index (χ0n) is 19.3. The second kappa shape index (κ2) is 11.2. The fourth-order valence-electron chi connectivity index (χ4n) is 4.13. The number of aliphatic carboxylic acids is 1. The Morgan fingerprint density at radius 2 is 2.08 bits per heavy atom. The van der Waals surface area contributed by atoms with E-state index in [1.807, 2.05) is 0 Å². The minimum Gasteiger partial charge on any atom is -0.477 e. The third kappa shape index (κ3) is 5.29. The van der Waals surface area contributed by atoms with E-state index in [0.717, 1.165) is 16.4 Å². The number of anilines is 1. The SMILES string of the molecule is Nc1nc(C(=NO)C(=O)N[C@@H]2C(=O)N3C(C(=O)O)=C(C=C4CCN(CCNCCO)C4=O)CS[C@H]23)ns1. The fraction of sp³-hybridized carbons (Fsp3) is 0.450. The number of nitrogens with one attached hydrogen (secondary N) is 2. The number of aliphatic hydroxyl groups is 1. The summed E-state index contributed by atoms with van der Waals surface area (Å²) in [5, 5.41) is 35.6. The molecule has 0 aliphatic carbocycles. The van der Waals surface area contributed by atoms with Crippen molar-refractivity contribution in [2.24, 2.45) is 5.16 Å². The zero-order chi connectivity index (χ0) is 26.7. The van der Waals surface area contributed by atoms with Crippen molar-refractivity contribution in [3.63, 3.8) is 0 Å². The van der Waals surface area contributed by atoms with Crippen LogP contribution >= 0.6 is 23.3 Å². The summed E-state index contributed by atoms with van der Waals surface area (Å²) in [4.78, 5) is 56.9. The lowest BCUT2D eigenvalue weighted by Gasteiger charge is -2.49. The number of likely N-dealkylation sites (tertiary alicyclic amines) is 1. The summed E-state index contributed by atoms with van der Waals surface area (Å²) in [5.74, 6) is -3.12. The van der Waals surface area contributed by atoms with Crippen LogP contribution in [-0.4, -0.2) is 114 Å². The third-order valence-corrected chi connectivity index (χ3v) is 7.71. The number of allylic oxidation sites excluding steroid dienone is 1. The van der Waals surface area contributed by atoms with Gasteiger partial charge in [0.05, 0.1) is 6.61 Å². The Morgan fingerprint density at radius 1 is 1.30 bits per heavy atom. The first-order valence-electron chi connectivity index (χ1n) is 11.1. The van der Waals surface area contributed by atoms with Crippen LogP contribution in [0.1, 0.15) is 12.2 Å². The van der Waals surface area contributed by atoms with Crippen LogP contribution in [0.5, 0.6) is 0 Å². The molecule has 2 atom stereocenters. The molecule has 0 saturated carbocycles. The number of nitrogens with two attached hydrogens (primary N) is 1. The molecule has 7 N–H and O–H groups in total. The van der Waals surface area contributed by atoms with Gasteiger partial charge in [-0.05, 0) is 18.1 Å². The van der Waals surface area contributed by atoms with E-state index < -0.39 is 34.9 Å². The number of carbonyl (C=O) groups excluding carboxylic acids is 3. The Balaban J connectivity index is 1.47. The highest BCUT2D eigenvalue weighted by molar-refractivity contribution is 8.00. The molecule has 0 aromatic carbocycles. The van der Waals surface area contributed by atoms with E-state index >= 15 is 0 Å². The molecule has 4 heterocycles. The minimum absolute atomic E-state index is 0.00203. The lowest BCUT2D eigenvalue weighted by molar-refractivity contribution is -0.150. The van der Waals surface area contributed by atoms with Gasteiger partial charge in [0.15, 0.2) is 5.13 Å². The Hall–Kier alpha value is -3.54. The summed E-state index contributed by atoms with van der Waals surface area (Å²) < 4.78 is 3.81. The van der Waals surface area contributed by atoms with Gasteiger partial charge in [-0.3, -0.25) is 19.3 Å². The molecule has 3 amide bonds. The fourth-order valence-corrected chi connectivity index (χ4v) is 5.87. The second-order valence-electron chi connectivity index (χ2n) is 8.13. The van der Waals surface area contributed by atoms with Crippen molar-refractivity contribution in [3.8, 4) is 0 Å². The topological polar surface area (TPSA) is 224 Å². The van der Waals surface area contributed by atoms with Crippen LogP contribution in [0.25, 0.3) is 0 Å². The first-order valence-corrected chi connectivity index (χ1v) is 12.9. The smallest absolute Gasteiger partial charge is 0.352 e. The second-order valence-corrected chi connectivity index (χ2v) is 10.0. The standard InChI is InChI=1S/C20H24N8O7S2/c21-20-24-14(26-37-20)11(25-35)15(30)23-12-17(32)28-13(19(33)34)10(8-36-18(12)28)7-9-1-4-27(16(9)31)5-2-22-3-6-29/h7,12,18,22,29,35H,1-6,8H2,(H,23,30)(H,33,34)(H2,21,24,26)/t12-,18-/m1/s1. The van der Waals surface area contributed by atoms with Crippen molar-refractivity contribution in [2.45, 2.75) is 17.8 Å². The van der Waals surface area contributed by atoms with E-state index in [1.165, 1.54) is 17.8 Å². The maximum Gasteiger partial charge on any atom is 0.352 e. The van der Waals surface area contributed by atoms with Crippen molar-refractivity contribution in [2.75, 3.05) is 44.3 Å². The molecule has 0 radical (unpaired) electrons. The Bertz CT molecular complexity index is 1210. The summed E-state index contributed by atoms with van der Waals surface area (Å²) >= 11 is 2.03. The molecule has 0 bridgehead atoms. The number of aromatic nitrogens is 2. The highest BCUT2D eigenvalue weighted by Crippen LogP contribution is 2.41. The van der Waals surface area contributed by atoms with Crippen LogP contribution in [-0.2, 0) is 19.2 Å². The van der Waals surface area contributed by atoms with Crippen molar-refractivity contribution < 1.29 is 34.6 Å². The summed E-state index contributed by atoms with van der Waals surface area (Å²) in [6.07, 6.45) is 1.97. The average molecular weight is 553 g/mol. The monoisotopic (exact) mass is 552 g/mol. The predicted molar refractivity (Wildman–Crippen MR) is 132 cm³/mol. The van der Waals surface area contributed by atoms with Gasteiger partial charge in [0, 0.05) is 49.0 Å². The largest absolute Gasteiger partial charge is 0.477 e. The van der Waals surface area contributed by atoms with E-state index in [2.05, 4.69) is 25.1 Å². The molecular weight excluding hydrogens is 528 g/mol. The number of β-lactam (4-membered cyclic amide) rings is 1. The summed E-state index contributed by atoms with van der Waals surface area (Å²) in [6.45, 7) is 1.88. The van der Waals surface area contributed by atoms with Crippen LogP contribution in [0, 0.1) is 0 Å². The molecular formula is C20H24N8O7S2. The third-order valence-electron chi connectivity index (χ3n) is 5.86. The number of carboxylic acids is 1. The van der Waals surface area contributed by atoms with Gasteiger partial charge in [0.1, 0.15) is 17.1 Å². The Labute approximate surface area is 218 Å². The molecule has 3 aliphatic rings. The molecule has 0 spiro atoms. The molecule has 3 aliphatic heterocycles. The summed E-state index contributed by atoms with van der Waals surface area (Å²) in [5.41, 5.74) is 5.50. The van der Waals surface area contributed by atoms with Crippen LogP contribution in [0.3, 0.4) is 0 Å². The number of oxime groups is 1. The molecule has 1 aromatic heterocycles. The molecule has 37 heavy (non-hydrogen) atoms. The van der Waals surface area contributed by atoms with Gasteiger partial charge in [-0.2, -0.15) is 9.36 Å². The van der Waals surface area contributed by atoms with Gasteiger partial charge in [-0.15, -0.1) is 11.8 Å². The van der Waals surface area contributed by atoms with Crippen molar-refractivity contribution >= 4 is 57.8 Å². The number of thioether (sulfide) groups is 1. The molecule has 2 saturated heterocycles. The highest BCUT2D eigenvalue weighted by atomic mass is 32.2. The number of hydrogen-bond donors (Lipinski definition) is 6. The number of nitrogens with zero attached hydrogens (tertiary/aromatic N) is 5. The minimum atomic E-state index is -1.33. The number of aliphatic hydroxyl groups excluding tert-OH is 1. The van der Waals surface area contributed by atoms with Crippen molar-refractivity contribution in [1.29, 1.82) is 0 Å². The maximum atomic E-state index is 12.9. The van der Waals surface area contributed by atoms with Gasteiger partial charge in [-0.1, -0.05) is 5.16 Å². The predicted octanol–water partition coefficient (Wildman–Crippen LogP) is -2.22. The number of nitrogen functional groups attached to an aromatic ring is 1. The average Bonchev–Trinajstić information content (AvgIpc) is 3.45. The molecule has 15 nitrogen and oxygen atoms in total. The highest BCUT2D eigenvalue weighted by Gasteiger charge is 2.54. The molecule has 17 heteroatoms. The molecule has 2 fully saturated rings. The van der Waals surface area contributed by atoms with Crippen LogP contribution < -0.4 is 16.4 Å². The number of hydrogen-bond acceptors (Lipinski definition) is 13. The zero-order valence-corrected chi connectivity index (χ0v) is 20.9. The lowest BCUT2D eigenvalue weighted by Crippen LogP contribution is -2.71. The first-order chi connectivity index (χ1) is 17.8. The van der Waals surface area contributed by atoms with E-state index in [4.69, 9.17) is 10.8 Å². The van der Waals surface area contributed by atoms with Crippen LogP contribution in [0.15, 0.2) is 28.1 Å². The van der Waals surface area contributed by atoms with E-state index in [-0.39, 0.29) is 34.9 Å².